The molecule has 3 rings (SSSR count). The van der Waals surface area contributed by atoms with E-state index in [0.717, 1.165) is 34.5 Å². The number of hydrogen-bond donors (Lipinski definition) is 2. The highest BCUT2D eigenvalue weighted by molar-refractivity contribution is 7.89. The van der Waals surface area contributed by atoms with Gasteiger partial charge in [-0.1, -0.05) is 25.1 Å². The van der Waals surface area contributed by atoms with Gasteiger partial charge in [0.15, 0.2) is 0 Å². The van der Waals surface area contributed by atoms with E-state index in [0.29, 0.717) is 13.0 Å². The van der Waals surface area contributed by atoms with Crippen molar-refractivity contribution in [1.82, 2.24) is 0 Å². The number of carbonyl (C=O) groups excluding carboxylic acids is 1. The summed E-state index contributed by atoms with van der Waals surface area (Å²) in [6.45, 7) is 4.93. The van der Waals surface area contributed by atoms with Crippen LogP contribution in [0, 0.1) is 6.92 Å². The zero-order chi connectivity index (χ0) is 18.9. The number of carbonyl (C=O) groups is 1. The molecular weight excluding hydrogens is 350 g/mol. The topological polar surface area (TPSA) is 92.5 Å². The second-order valence-electron chi connectivity index (χ2n) is 6.52. The number of rotatable bonds is 5. The molecule has 26 heavy (non-hydrogen) atoms. The lowest BCUT2D eigenvalue weighted by Gasteiger charge is -2.20. The summed E-state index contributed by atoms with van der Waals surface area (Å²) in [5, 5.41) is 8.21. The van der Waals surface area contributed by atoms with Crippen molar-refractivity contribution in [3.8, 4) is 0 Å². The van der Waals surface area contributed by atoms with E-state index in [1.807, 2.05) is 30.0 Å². The summed E-state index contributed by atoms with van der Waals surface area (Å²) in [6, 6.07) is 10.8. The van der Waals surface area contributed by atoms with Gasteiger partial charge in [-0.15, -0.1) is 0 Å². The lowest BCUT2D eigenvalue weighted by molar-refractivity contribution is -0.115. The van der Waals surface area contributed by atoms with E-state index in [2.05, 4.69) is 12.2 Å². The third-order valence-electron chi connectivity index (χ3n) is 4.71. The molecule has 0 fully saturated rings. The molecule has 0 aliphatic carbocycles. The molecule has 2 aromatic rings. The summed E-state index contributed by atoms with van der Waals surface area (Å²) >= 11 is 0. The second kappa shape index (κ2) is 7.09. The summed E-state index contributed by atoms with van der Waals surface area (Å²) in [5.41, 5.74) is 4.81. The molecule has 0 aromatic heterocycles. The number of anilines is 2. The Balaban J connectivity index is 1.75. The van der Waals surface area contributed by atoms with Crippen LogP contribution in [0.15, 0.2) is 41.3 Å². The quantitative estimate of drug-likeness (QED) is 0.840. The smallest absolute Gasteiger partial charge is 0.243 e. The highest BCUT2D eigenvalue weighted by Gasteiger charge is 2.23. The Morgan fingerprint density at radius 2 is 2.04 bits per heavy atom. The van der Waals surface area contributed by atoms with Crippen LogP contribution in [0.25, 0.3) is 0 Å². The number of para-hydroxylation sites is 1. The minimum atomic E-state index is -3.72. The number of amides is 1. The normalized spacial score (nSPS) is 13.6. The Bertz CT molecular complexity index is 954. The molecule has 138 valence electrons. The summed E-state index contributed by atoms with van der Waals surface area (Å²) in [5.74, 6) is -0.0858. The lowest BCUT2D eigenvalue weighted by Crippen LogP contribution is -2.32. The third kappa shape index (κ3) is 3.73. The molecule has 0 saturated carbocycles. The fourth-order valence-corrected chi connectivity index (χ4v) is 3.91. The number of nitrogens with one attached hydrogen (secondary N) is 1. The first-order valence-electron chi connectivity index (χ1n) is 8.58. The molecule has 2 aromatic carbocycles. The van der Waals surface area contributed by atoms with Crippen molar-refractivity contribution in [3.63, 3.8) is 0 Å². The van der Waals surface area contributed by atoms with Crippen molar-refractivity contribution < 1.29 is 13.2 Å². The van der Waals surface area contributed by atoms with Gasteiger partial charge in [-0.2, -0.15) is 0 Å². The number of fused-ring (bicyclic) bond motifs is 1. The molecule has 0 radical (unpaired) electrons. The first-order valence-corrected chi connectivity index (χ1v) is 10.1. The Morgan fingerprint density at radius 1 is 1.27 bits per heavy atom. The summed E-state index contributed by atoms with van der Waals surface area (Å²) < 4.78 is 23.0. The van der Waals surface area contributed by atoms with E-state index in [4.69, 9.17) is 5.14 Å². The predicted molar refractivity (Wildman–Crippen MR) is 103 cm³/mol. The van der Waals surface area contributed by atoms with Gasteiger partial charge in [0.25, 0.3) is 0 Å². The third-order valence-corrected chi connectivity index (χ3v) is 5.62. The van der Waals surface area contributed by atoms with Crippen LogP contribution in [-0.2, 0) is 27.7 Å². The number of hydrogen-bond acceptors (Lipinski definition) is 4. The summed E-state index contributed by atoms with van der Waals surface area (Å²) in [4.78, 5) is 14.6. The van der Waals surface area contributed by atoms with E-state index in [1.165, 1.54) is 6.07 Å². The van der Waals surface area contributed by atoms with Crippen LogP contribution in [0.1, 0.15) is 23.6 Å². The van der Waals surface area contributed by atoms with Gasteiger partial charge < -0.3 is 10.2 Å². The maximum Gasteiger partial charge on any atom is 0.243 e. The molecule has 1 heterocycles. The summed E-state index contributed by atoms with van der Waals surface area (Å²) in [6.07, 6.45) is 1.54. The second-order valence-corrected chi connectivity index (χ2v) is 8.08. The number of nitrogens with zero attached hydrogens (tertiary/aromatic N) is 1. The molecule has 6 nitrogen and oxygen atoms in total. The van der Waals surface area contributed by atoms with Crippen molar-refractivity contribution in [1.29, 1.82) is 0 Å². The largest absolute Gasteiger partial charge is 0.362 e. The zero-order valence-electron chi connectivity index (χ0n) is 15.0. The van der Waals surface area contributed by atoms with Gasteiger partial charge in [-0.05, 0) is 54.7 Å². The van der Waals surface area contributed by atoms with Crippen LogP contribution in [-0.4, -0.2) is 27.4 Å². The van der Waals surface area contributed by atoms with Gasteiger partial charge in [0.05, 0.1) is 11.4 Å². The van der Waals surface area contributed by atoms with Crippen LogP contribution in [0.5, 0.6) is 0 Å². The Labute approximate surface area is 154 Å². The lowest BCUT2D eigenvalue weighted by atomic mass is 10.1. The van der Waals surface area contributed by atoms with E-state index in [1.54, 1.807) is 12.1 Å². The monoisotopic (exact) mass is 373 g/mol. The number of nitrogens with two attached hydrogens (primary N) is 1. The van der Waals surface area contributed by atoms with Gasteiger partial charge in [0.2, 0.25) is 15.9 Å². The van der Waals surface area contributed by atoms with Crippen molar-refractivity contribution in [2.24, 2.45) is 5.14 Å². The van der Waals surface area contributed by atoms with Crippen LogP contribution in [0.2, 0.25) is 0 Å². The molecule has 7 heteroatoms. The number of primary sulfonamides is 1. The molecule has 0 spiro atoms. The fraction of sp³-hybridized carbons (Fsp3) is 0.316. The molecule has 1 aliphatic rings. The number of benzene rings is 2. The average molecular weight is 373 g/mol. The van der Waals surface area contributed by atoms with Crippen molar-refractivity contribution in [2.45, 2.75) is 31.6 Å². The average Bonchev–Trinajstić information content (AvgIpc) is 2.98. The first-order chi connectivity index (χ1) is 12.3. The molecule has 3 N–H and O–H groups in total. The van der Waals surface area contributed by atoms with Crippen LogP contribution >= 0.6 is 0 Å². The summed E-state index contributed by atoms with van der Waals surface area (Å²) in [7, 11) is -3.72. The highest BCUT2D eigenvalue weighted by Crippen LogP contribution is 2.30. The standard InChI is InChI=1S/C19H23N3O3S/c1-3-14-6-4-5-13(2)19(14)21-18(23)12-22-10-9-15-11-16(26(20,24)25)7-8-17(15)22/h4-8,11H,3,9-10,12H2,1-2H3,(H,21,23)(H2,20,24,25). The van der Waals surface area contributed by atoms with Crippen molar-refractivity contribution >= 4 is 27.3 Å². The predicted octanol–water partition coefficient (Wildman–Crippen LogP) is 2.21. The first kappa shape index (κ1) is 18.4. The minimum Gasteiger partial charge on any atom is -0.362 e. The van der Waals surface area contributed by atoms with E-state index < -0.39 is 10.0 Å². The molecule has 1 amide bonds. The number of aryl methyl sites for hydroxylation is 2. The fourth-order valence-electron chi connectivity index (χ4n) is 3.34. The molecule has 0 atom stereocenters. The highest BCUT2D eigenvalue weighted by atomic mass is 32.2. The Kier molecular flexibility index (Phi) is 5.02. The minimum absolute atomic E-state index is 0.0858. The van der Waals surface area contributed by atoms with Crippen molar-refractivity contribution in [3.05, 3.63) is 53.1 Å². The van der Waals surface area contributed by atoms with Crippen molar-refractivity contribution in [2.75, 3.05) is 23.3 Å². The maximum absolute atomic E-state index is 12.6. The van der Waals surface area contributed by atoms with Crippen LogP contribution < -0.4 is 15.4 Å². The van der Waals surface area contributed by atoms with Crippen LogP contribution in [0.3, 0.4) is 0 Å². The van der Waals surface area contributed by atoms with E-state index >= 15 is 0 Å². The van der Waals surface area contributed by atoms with Gasteiger partial charge >= 0.3 is 0 Å². The van der Waals surface area contributed by atoms with Crippen LogP contribution in [0.4, 0.5) is 11.4 Å². The Hall–Kier alpha value is -2.38. The Morgan fingerprint density at radius 3 is 2.73 bits per heavy atom. The maximum atomic E-state index is 12.6. The SMILES string of the molecule is CCc1cccc(C)c1NC(=O)CN1CCc2cc(S(N)(=O)=O)ccc21. The van der Waals surface area contributed by atoms with Gasteiger partial charge in [-0.25, -0.2) is 13.6 Å². The molecular formula is C19H23N3O3S. The molecule has 0 saturated heterocycles. The van der Waals surface area contributed by atoms with E-state index in [9.17, 15) is 13.2 Å². The number of sulfonamides is 1. The van der Waals surface area contributed by atoms with Gasteiger partial charge in [-0.3, -0.25) is 4.79 Å². The molecule has 0 unspecified atom stereocenters. The zero-order valence-corrected chi connectivity index (χ0v) is 15.8. The van der Waals surface area contributed by atoms with Gasteiger partial charge in [0.1, 0.15) is 0 Å². The molecule has 1 aliphatic heterocycles. The molecule has 0 bridgehead atoms. The van der Waals surface area contributed by atoms with Gasteiger partial charge in [0, 0.05) is 17.9 Å². The van der Waals surface area contributed by atoms with E-state index in [-0.39, 0.29) is 17.3 Å².